The van der Waals surface area contributed by atoms with Gasteiger partial charge in [0.15, 0.2) is 0 Å². The minimum absolute atomic E-state index is 0.0974. The number of hydrogen-bond acceptors (Lipinski definition) is 4. The molecule has 0 amide bonds. The Morgan fingerprint density at radius 2 is 1.08 bits per heavy atom. The molecule has 2 rings (SSSR count). The lowest BCUT2D eigenvalue weighted by Crippen LogP contribution is -2.35. The van der Waals surface area contributed by atoms with E-state index in [-0.39, 0.29) is 11.1 Å². The molecule has 24 heavy (non-hydrogen) atoms. The summed E-state index contributed by atoms with van der Waals surface area (Å²) >= 11 is 0. The molecule has 0 atom stereocenters. The normalized spacial score (nSPS) is 12.4. The maximum atomic E-state index is 4.49. The van der Waals surface area contributed by atoms with Crippen LogP contribution in [0.15, 0.2) is 36.7 Å². The van der Waals surface area contributed by atoms with Gasteiger partial charge in [0, 0.05) is 36.6 Å². The van der Waals surface area contributed by atoms with Crippen LogP contribution in [-0.2, 0) is 13.1 Å². The van der Waals surface area contributed by atoms with E-state index in [0.29, 0.717) is 0 Å². The predicted molar refractivity (Wildman–Crippen MR) is 101 cm³/mol. The van der Waals surface area contributed by atoms with Gasteiger partial charge in [0.2, 0.25) is 0 Å². The van der Waals surface area contributed by atoms with Gasteiger partial charge in [-0.25, -0.2) is 0 Å². The van der Waals surface area contributed by atoms with Crippen LogP contribution in [0.25, 0.3) is 11.4 Å². The number of aromatic nitrogens is 2. The van der Waals surface area contributed by atoms with E-state index in [9.17, 15) is 0 Å². The maximum absolute atomic E-state index is 4.49. The summed E-state index contributed by atoms with van der Waals surface area (Å²) in [7, 11) is 0. The van der Waals surface area contributed by atoms with Crippen molar-refractivity contribution in [2.45, 2.75) is 65.7 Å². The van der Waals surface area contributed by atoms with Crippen LogP contribution >= 0.6 is 0 Å². The summed E-state index contributed by atoms with van der Waals surface area (Å²) in [4.78, 5) is 8.99. The predicted octanol–water partition coefficient (Wildman–Crippen LogP) is 3.92. The molecule has 0 unspecified atom stereocenters. The van der Waals surface area contributed by atoms with Crippen LogP contribution in [0.5, 0.6) is 0 Å². The standard InChI is InChI=1S/C20H30N4/c1-19(2,3)23-13-15-7-9-21-17(11-15)18-12-16(8-10-22-18)14-24-20(4,5)6/h7-12,23-24H,13-14H2,1-6H3. The molecule has 2 aromatic rings. The molecule has 130 valence electrons. The summed E-state index contributed by atoms with van der Waals surface area (Å²) in [5.74, 6) is 0. The van der Waals surface area contributed by atoms with E-state index in [2.05, 4.69) is 74.3 Å². The van der Waals surface area contributed by atoms with E-state index in [1.165, 1.54) is 11.1 Å². The van der Waals surface area contributed by atoms with E-state index >= 15 is 0 Å². The van der Waals surface area contributed by atoms with Crippen molar-refractivity contribution in [1.82, 2.24) is 20.6 Å². The Labute approximate surface area is 146 Å². The topological polar surface area (TPSA) is 49.8 Å². The van der Waals surface area contributed by atoms with E-state index in [0.717, 1.165) is 24.5 Å². The van der Waals surface area contributed by atoms with Crippen molar-refractivity contribution in [3.05, 3.63) is 47.8 Å². The van der Waals surface area contributed by atoms with Crippen LogP contribution in [-0.4, -0.2) is 21.0 Å². The first-order valence-electron chi connectivity index (χ1n) is 8.53. The fraction of sp³-hybridized carbons (Fsp3) is 0.500. The molecule has 0 aliphatic carbocycles. The smallest absolute Gasteiger partial charge is 0.0889 e. The zero-order valence-electron chi connectivity index (χ0n) is 15.8. The average molecular weight is 326 g/mol. The van der Waals surface area contributed by atoms with Crippen LogP contribution in [0.2, 0.25) is 0 Å². The highest BCUT2D eigenvalue weighted by atomic mass is 14.9. The van der Waals surface area contributed by atoms with E-state index < -0.39 is 0 Å². The first-order valence-corrected chi connectivity index (χ1v) is 8.53. The molecule has 0 spiro atoms. The summed E-state index contributed by atoms with van der Waals surface area (Å²) < 4.78 is 0. The largest absolute Gasteiger partial charge is 0.308 e. The molecule has 2 aromatic heterocycles. The van der Waals surface area contributed by atoms with Gasteiger partial charge in [-0.3, -0.25) is 9.97 Å². The van der Waals surface area contributed by atoms with Crippen molar-refractivity contribution in [3.8, 4) is 11.4 Å². The van der Waals surface area contributed by atoms with Gasteiger partial charge in [-0.1, -0.05) is 0 Å². The lowest BCUT2D eigenvalue weighted by Gasteiger charge is -2.21. The first-order chi connectivity index (χ1) is 11.1. The highest BCUT2D eigenvalue weighted by molar-refractivity contribution is 5.55. The molecule has 0 saturated carbocycles. The van der Waals surface area contributed by atoms with Gasteiger partial charge < -0.3 is 10.6 Å². The third-order valence-electron chi connectivity index (χ3n) is 3.56. The lowest BCUT2D eigenvalue weighted by atomic mass is 10.1. The van der Waals surface area contributed by atoms with Crippen LogP contribution in [0.1, 0.15) is 52.7 Å². The quantitative estimate of drug-likeness (QED) is 0.874. The molecule has 4 nitrogen and oxygen atoms in total. The van der Waals surface area contributed by atoms with Gasteiger partial charge >= 0.3 is 0 Å². The summed E-state index contributed by atoms with van der Waals surface area (Å²) in [6.45, 7) is 14.7. The molecule has 0 saturated heterocycles. The Balaban J connectivity index is 2.13. The number of rotatable bonds is 5. The number of nitrogens with one attached hydrogen (secondary N) is 2. The van der Waals surface area contributed by atoms with Crippen molar-refractivity contribution in [2.24, 2.45) is 0 Å². The monoisotopic (exact) mass is 326 g/mol. The number of hydrogen-bond donors (Lipinski definition) is 2. The summed E-state index contributed by atoms with van der Waals surface area (Å²) in [5.41, 5.74) is 4.46. The summed E-state index contributed by atoms with van der Waals surface area (Å²) in [6.07, 6.45) is 3.72. The summed E-state index contributed by atoms with van der Waals surface area (Å²) in [5, 5.41) is 7.01. The van der Waals surface area contributed by atoms with Gasteiger partial charge in [-0.2, -0.15) is 0 Å². The van der Waals surface area contributed by atoms with Crippen LogP contribution in [0, 0.1) is 0 Å². The molecule has 0 fully saturated rings. The van der Waals surface area contributed by atoms with Crippen LogP contribution in [0.3, 0.4) is 0 Å². The first kappa shape index (κ1) is 18.6. The molecular weight excluding hydrogens is 296 g/mol. The molecule has 0 aliphatic heterocycles. The number of nitrogens with zero attached hydrogens (tertiary/aromatic N) is 2. The molecule has 0 aromatic carbocycles. The third kappa shape index (κ3) is 6.38. The molecule has 0 radical (unpaired) electrons. The Bertz CT molecular complexity index is 606. The Morgan fingerprint density at radius 1 is 0.708 bits per heavy atom. The molecule has 2 N–H and O–H groups in total. The zero-order chi connectivity index (χ0) is 17.8. The second-order valence-corrected chi connectivity index (χ2v) is 8.31. The van der Waals surface area contributed by atoms with Crippen molar-refractivity contribution < 1.29 is 0 Å². The van der Waals surface area contributed by atoms with Gasteiger partial charge in [-0.15, -0.1) is 0 Å². The van der Waals surface area contributed by atoms with Crippen molar-refractivity contribution in [2.75, 3.05) is 0 Å². The fourth-order valence-electron chi connectivity index (χ4n) is 2.18. The van der Waals surface area contributed by atoms with Gasteiger partial charge in [-0.05, 0) is 76.9 Å². The van der Waals surface area contributed by atoms with E-state index in [1.807, 2.05) is 24.5 Å². The Kier molecular flexibility index (Phi) is 5.73. The zero-order valence-corrected chi connectivity index (χ0v) is 15.8. The lowest BCUT2D eigenvalue weighted by molar-refractivity contribution is 0.424. The average Bonchev–Trinajstić information content (AvgIpc) is 2.50. The molecule has 2 heterocycles. The molecular formula is C20H30N4. The second kappa shape index (κ2) is 7.41. The van der Waals surface area contributed by atoms with Gasteiger partial charge in [0.05, 0.1) is 11.4 Å². The highest BCUT2D eigenvalue weighted by Crippen LogP contribution is 2.17. The molecule has 4 heteroatoms. The van der Waals surface area contributed by atoms with Crippen LogP contribution in [0.4, 0.5) is 0 Å². The van der Waals surface area contributed by atoms with Gasteiger partial charge in [0.25, 0.3) is 0 Å². The minimum Gasteiger partial charge on any atom is -0.308 e. The van der Waals surface area contributed by atoms with Crippen molar-refractivity contribution in [3.63, 3.8) is 0 Å². The maximum Gasteiger partial charge on any atom is 0.0889 e. The molecule has 0 aliphatic rings. The number of pyridine rings is 2. The third-order valence-corrected chi connectivity index (χ3v) is 3.56. The Hall–Kier alpha value is -1.78. The summed E-state index contributed by atoms with van der Waals surface area (Å²) in [6, 6.07) is 8.32. The highest BCUT2D eigenvalue weighted by Gasteiger charge is 2.11. The van der Waals surface area contributed by atoms with Gasteiger partial charge in [0.1, 0.15) is 0 Å². The Morgan fingerprint density at radius 3 is 1.42 bits per heavy atom. The SMILES string of the molecule is CC(C)(C)NCc1ccnc(-c2cc(CNC(C)(C)C)ccn2)c1. The molecule has 0 bridgehead atoms. The van der Waals surface area contributed by atoms with E-state index in [1.54, 1.807) is 0 Å². The van der Waals surface area contributed by atoms with Crippen molar-refractivity contribution >= 4 is 0 Å². The van der Waals surface area contributed by atoms with Crippen molar-refractivity contribution in [1.29, 1.82) is 0 Å². The van der Waals surface area contributed by atoms with E-state index in [4.69, 9.17) is 0 Å². The van der Waals surface area contributed by atoms with Crippen LogP contribution < -0.4 is 10.6 Å². The second-order valence-electron chi connectivity index (χ2n) is 8.31. The minimum atomic E-state index is 0.0974. The fourth-order valence-corrected chi connectivity index (χ4v) is 2.18.